The van der Waals surface area contributed by atoms with Crippen molar-refractivity contribution in [2.45, 2.75) is 26.5 Å². The van der Waals surface area contributed by atoms with E-state index in [0.717, 1.165) is 11.1 Å². The molecule has 2 aromatic rings. The van der Waals surface area contributed by atoms with Gasteiger partial charge in [-0.15, -0.1) is 0 Å². The van der Waals surface area contributed by atoms with Gasteiger partial charge >= 0.3 is 0 Å². The van der Waals surface area contributed by atoms with Crippen LogP contribution in [0.15, 0.2) is 42.5 Å². The van der Waals surface area contributed by atoms with Gasteiger partial charge in [0.05, 0.1) is 27.4 Å². The quantitative estimate of drug-likeness (QED) is 0.665. The number of ether oxygens (including phenoxy) is 4. The first-order chi connectivity index (χ1) is 13.5. The van der Waals surface area contributed by atoms with Crippen LogP contribution in [0, 0.1) is 0 Å². The highest BCUT2D eigenvalue weighted by atomic mass is 16.5. The first kappa shape index (κ1) is 21.2. The molecule has 0 fully saturated rings. The Bertz CT molecular complexity index is 830. The second-order valence-corrected chi connectivity index (χ2v) is 6.28. The minimum absolute atomic E-state index is 0.0506. The third-order valence-electron chi connectivity index (χ3n) is 3.92. The van der Waals surface area contributed by atoms with E-state index in [0.29, 0.717) is 29.5 Å². The number of carbonyl (C=O) groups excluding carboxylic acids is 1. The van der Waals surface area contributed by atoms with Gasteiger partial charge in [-0.3, -0.25) is 4.79 Å². The minimum atomic E-state index is -0.216. The van der Waals surface area contributed by atoms with Crippen molar-refractivity contribution in [1.29, 1.82) is 0 Å². The monoisotopic (exact) mass is 385 g/mol. The summed E-state index contributed by atoms with van der Waals surface area (Å²) in [5.41, 5.74) is 1.67. The van der Waals surface area contributed by atoms with Crippen LogP contribution in [0.2, 0.25) is 0 Å². The van der Waals surface area contributed by atoms with Crippen LogP contribution in [0.5, 0.6) is 23.0 Å². The van der Waals surface area contributed by atoms with Gasteiger partial charge in [0.25, 0.3) is 0 Å². The fourth-order valence-electron chi connectivity index (χ4n) is 2.65. The summed E-state index contributed by atoms with van der Waals surface area (Å²) in [6, 6.07) is 11.1. The van der Waals surface area contributed by atoms with Gasteiger partial charge in [-0.1, -0.05) is 18.2 Å². The lowest BCUT2D eigenvalue weighted by Gasteiger charge is -2.13. The smallest absolute Gasteiger partial charge is 0.244 e. The zero-order valence-electron chi connectivity index (χ0n) is 16.9. The maximum atomic E-state index is 12.2. The molecule has 0 atom stereocenters. The van der Waals surface area contributed by atoms with Crippen LogP contribution in [-0.2, 0) is 11.3 Å². The van der Waals surface area contributed by atoms with Gasteiger partial charge in [0.2, 0.25) is 5.91 Å². The van der Waals surface area contributed by atoms with Crippen molar-refractivity contribution in [2.75, 3.05) is 21.3 Å². The van der Waals surface area contributed by atoms with Gasteiger partial charge in [-0.2, -0.15) is 0 Å². The third kappa shape index (κ3) is 5.67. The van der Waals surface area contributed by atoms with E-state index >= 15 is 0 Å². The zero-order chi connectivity index (χ0) is 20.5. The van der Waals surface area contributed by atoms with E-state index in [4.69, 9.17) is 18.9 Å². The van der Waals surface area contributed by atoms with Crippen molar-refractivity contribution in [3.8, 4) is 23.0 Å². The van der Waals surface area contributed by atoms with Gasteiger partial charge < -0.3 is 24.3 Å². The van der Waals surface area contributed by atoms with Crippen molar-refractivity contribution >= 4 is 12.0 Å². The third-order valence-corrected chi connectivity index (χ3v) is 3.92. The molecule has 0 bridgehead atoms. The Morgan fingerprint density at radius 1 is 1.00 bits per heavy atom. The van der Waals surface area contributed by atoms with E-state index in [1.165, 1.54) is 6.08 Å². The Hall–Kier alpha value is -3.15. The number of hydrogen-bond acceptors (Lipinski definition) is 5. The molecule has 0 heterocycles. The summed E-state index contributed by atoms with van der Waals surface area (Å²) >= 11 is 0. The molecule has 6 nitrogen and oxygen atoms in total. The maximum absolute atomic E-state index is 12.2. The Morgan fingerprint density at radius 2 is 1.75 bits per heavy atom. The molecule has 2 rings (SSSR count). The standard InChI is InChI=1S/C22H27NO5/c1-15(2)28-18-11-9-16(13-20(18)26-4)10-12-21(24)23-14-17-7-6-8-19(25-3)22(17)27-5/h6-13,15H,14H2,1-5H3,(H,23,24)/b12-10+. The van der Waals surface area contributed by atoms with Crippen LogP contribution in [0.1, 0.15) is 25.0 Å². The molecule has 0 aromatic heterocycles. The molecule has 0 saturated carbocycles. The molecular formula is C22H27NO5. The molecule has 6 heteroatoms. The van der Waals surface area contributed by atoms with Crippen molar-refractivity contribution in [2.24, 2.45) is 0 Å². The van der Waals surface area contributed by atoms with Crippen molar-refractivity contribution in [3.63, 3.8) is 0 Å². The number of methoxy groups -OCH3 is 3. The normalized spacial score (nSPS) is 10.8. The number of para-hydroxylation sites is 1. The fourth-order valence-corrected chi connectivity index (χ4v) is 2.65. The molecule has 0 saturated heterocycles. The lowest BCUT2D eigenvalue weighted by atomic mass is 10.1. The summed E-state index contributed by atoms with van der Waals surface area (Å²) in [6.07, 6.45) is 3.25. The Labute approximate surface area is 166 Å². The van der Waals surface area contributed by atoms with E-state index in [9.17, 15) is 4.79 Å². The van der Waals surface area contributed by atoms with Gasteiger partial charge in [0.15, 0.2) is 23.0 Å². The highest BCUT2D eigenvalue weighted by Crippen LogP contribution is 2.31. The summed E-state index contributed by atoms with van der Waals surface area (Å²) in [4.78, 5) is 12.2. The Kier molecular flexibility index (Phi) is 7.75. The molecule has 1 N–H and O–H groups in total. The lowest BCUT2D eigenvalue weighted by Crippen LogP contribution is -2.20. The number of hydrogen-bond donors (Lipinski definition) is 1. The molecule has 150 valence electrons. The molecule has 0 spiro atoms. The van der Waals surface area contributed by atoms with Crippen LogP contribution in [0.4, 0.5) is 0 Å². The second kappa shape index (κ2) is 10.3. The fraction of sp³-hybridized carbons (Fsp3) is 0.318. The Morgan fingerprint density at radius 3 is 2.39 bits per heavy atom. The first-order valence-electron chi connectivity index (χ1n) is 8.99. The average molecular weight is 385 g/mol. The summed E-state index contributed by atoms with van der Waals surface area (Å²) in [7, 11) is 4.74. The predicted octanol–water partition coefficient (Wildman–Crippen LogP) is 3.83. The summed E-state index contributed by atoms with van der Waals surface area (Å²) in [5, 5.41) is 2.84. The molecule has 0 aliphatic rings. The van der Waals surface area contributed by atoms with Gasteiger partial charge in [-0.25, -0.2) is 0 Å². The van der Waals surface area contributed by atoms with Crippen LogP contribution in [-0.4, -0.2) is 33.3 Å². The Balaban J connectivity index is 2.02. The lowest BCUT2D eigenvalue weighted by molar-refractivity contribution is -0.116. The molecule has 1 amide bonds. The van der Waals surface area contributed by atoms with Crippen molar-refractivity contribution in [3.05, 3.63) is 53.6 Å². The topological polar surface area (TPSA) is 66.0 Å². The number of nitrogens with one attached hydrogen (secondary N) is 1. The number of rotatable bonds is 9. The summed E-state index contributed by atoms with van der Waals surface area (Å²) < 4.78 is 21.7. The summed E-state index contributed by atoms with van der Waals surface area (Å²) in [6.45, 7) is 4.23. The molecule has 2 aromatic carbocycles. The van der Waals surface area contributed by atoms with Crippen LogP contribution >= 0.6 is 0 Å². The molecular weight excluding hydrogens is 358 g/mol. The average Bonchev–Trinajstić information content (AvgIpc) is 2.70. The highest BCUT2D eigenvalue weighted by molar-refractivity contribution is 5.91. The summed E-state index contributed by atoms with van der Waals surface area (Å²) in [5.74, 6) is 2.31. The highest BCUT2D eigenvalue weighted by Gasteiger charge is 2.10. The number of amides is 1. The maximum Gasteiger partial charge on any atom is 0.244 e. The van der Waals surface area contributed by atoms with E-state index < -0.39 is 0 Å². The molecule has 0 aliphatic heterocycles. The van der Waals surface area contributed by atoms with E-state index in [-0.39, 0.29) is 12.0 Å². The van der Waals surface area contributed by atoms with Crippen LogP contribution in [0.3, 0.4) is 0 Å². The minimum Gasteiger partial charge on any atom is -0.493 e. The molecule has 28 heavy (non-hydrogen) atoms. The largest absolute Gasteiger partial charge is 0.493 e. The van der Waals surface area contributed by atoms with Crippen LogP contribution in [0.25, 0.3) is 6.08 Å². The van der Waals surface area contributed by atoms with Crippen LogP contribution < -0.4 is 24.3 Å². The molecule has 0 radical (unpaired) electrons. The van der Waals surface area contributed by atoms with E-state index in [1.54, 1.807) is 27.4 Å². The van der Waals surface area contributed by atoms with Gasteiger partial charge in [-0.05, 0) is 43.7 Å². The number of carbonyl (C=O) groups is 1. The van der Waals surface area contributed by atoms with Crippen molar-refractivity contribution in [1.82, 2.24) is 5.32 Å². The SMILES string of the molecule is COc1cc(/C=C/C(=O)NCc2cccc(OC)c2OC)ccc1OC(C)C. The predicted molar refractivity (Wildman–Crippen MR) is 109 cm³/mol. The number of benzene rings is 2. The molecule has 0 unspecified atom stereocenters. The van der Waals surface area contributed by atoms with E-state index in [2.05, 4.69) is 5.32 Å². The molecule has 0 aliphatic carbocycles. The zero-order valence-corrected chi connectivity index (χ0v) is 16.9. The first-order valence-corrected chi connectivity index (χ1v) is 8.99. The van der Waals surface area contributed by atoms with Crippen molar-refractivity contribution < 1.29 is 23.7 Å². The van der Waals surface area contributed by atoms with Gasteiger partial charge in [0, 0.05) is 18.2 Å². The van der Waals surface area contributed by atoms with E-state index in [1.807, 2.05) is 50.2 Å². The van der Waals surface area contributed by atoms with Gasteiger partial charge in [0.1, 0.15) is 0 Å². The second-order valence-electron chi connectivity index (χ2n) is 6.28.